The van der Waals surface area contributed by atoms with E-state index in [1.807, 2.05) is 0 Å². The number of nitrogens with zero attached hydrogens (tertiary/aromatic N) is 1. The van der Waals surface area contributed by atoms with E-state index in [2.05, 4.69) is 32.6 Å². The molecule has 4 nitrogen and oxygen atoms in total. The minimum Gasteiger partial charge on any atom is -0.465 e. The van der Waals surface area contributed by atoms with E-state index in [1.165, 1.54) is 51.4 Å². The Labute approximate surface area is 207 Å². The summed E-state index contributed by atoms with van der Waals surface area (Å²) in [7, 11) is 0. The Morgan fingerprint density at radius 3 is 1.82 bits per heavy atom. The van der Waals surface area contributed by atoms with Gasteiger partial charge in [0, 0.05) is 6.04 Å². The summed E-state index contributed by atoms with van der Waals surface area (Å²) < 4.78 is 5.71. The SMILES string of the molecule is CCCCCCCCC(CCCCCC)C(=O)OCCCCCCN(CCC)C(CC)CO. The molecular weight excluding hydrogens is 410 g/mol. The van der Waals surface area contributed by atoms with Crippen LogP contribution >= 0.6 is 0 Å². The van der Waals surface area contributed by atoms with Crippen LogP contribution in [0.2, 0.25) is 0 Å². The topological polar surface area (TPSA) is 49.8 Å². The van der Waals surface area contributed by atoms with Crippen LogP contribution in [0.5, 0.6) is 0 Å². The van der Waals surface area contributed by atoms with E-state index in [0.29, 0.717) is 12.6 Å². The molecule has 0 fully saturated rings. The van der Waals surface area contributed by atoms with Gasteiger partial charge in [-0.05, 0) is 51.6 Å². The van der Waals surface area contributed by atoms with Crippen LogP contribution in [0.15, 0.2) is 0 Å². The molecule has 33 heavy (non-hydrogen) atoms. The predicted octanol–water partition coefficient (Wildman–Crippen LogP) is 7.91. The molecule has 0 aromatic rings. The van der Waals surface area contributed by atoms with Crippen LogP contribution in [-0.4, -0.2) is 48.3 Å². The Bertz CT molecular complexity index is 412. The van der Waals surface area contributed by atoms with Gasteiger partial charge in [0.05, 0.1) is 19.1 Å². The molecule has 0 heterocycles. The molecule has 0 aromatic carbocycles. The summed E-state index contributed by atoms with van der Waals surface area (Å²) in [6.45, 7) is 11.8. The third-order valence-electron chi connectivity index (χ3n) is 6.94. The number of rotatable bonds is 25. The maximum absolute atomic E-state index is 12.7. The van der Waals surface area contributed by atoms with E-state index in [9.17, 15) is 9.90 Å². The highest BCUT2D eigenvalue weighted by Gasteiger charge is 2.19. The molecule has 0 saturated carbocycles. The zero-order chi connectivity index (χ0) is 24.6. The van der Waals surface area contributed by atoms with E-state index < -0.39 is 0 Å². The zero-order valence-electron chi connectivity index (χ0n) is 22.9. The fraction of sp³-hybridized carbons (Fsp3) is 0.966. The summed E-state index contributed by atoms with van der Waals surface area (Å²) in [5.74, 6) is 0.169. The predicted molar refractivity (Wildman–Crippen MR) is 143 cm³/mol. The van der Waals surface area contributed by atoms with Crippen molar-refractivity contribution in [2.75, 3.05) is 26.3 Å². The number of unbranched alkanes of at least 4 members (excludes halogenated alkanes) is 11. The first-order valence-corrected chi connectivity index (χ1v) is 14.7. The van der Waals surface area contributed by atoms with Gasteiger partial charge in [-0.1, -0.05) is 105 Å². The fourth-order valence-corrected chi connectivity index (χ4v) is 4.70. The number of aliphatic hydroxyl groups is 1. The average Bonchev–Trinajstić information content (AvgIpc) is 2.82. The summed E-state index contributed by atoms with van der Waals surface area (Å²) in [6, 6.07) is 0.298. The van der Waals surface area contributed by atoms with Gasteiger partial charge in [-0.25, -0.2) is 0 Å². The molecule has 2 atom stereocenters. The Hall–Kier alpha value is -0.610. The van der Waals surface area contributed by atoms with Crippen molar-refractivity contribution >= 4 is 5.97 Å². The lowest BCUT2D eigenvalue weighted by Crippen LogP contribution is -2.38. The van der Waals surface area contributed by atoms with E-state index in [4.69, 9.17) is 4.74 Å². The first-order chi connectivity index (χ1) is 16.1. The molecule has 198 valence electrons. The molecule has 0 bridgehead atoms. The number of ether oxygens (including phenoxy) is 1. The summed E-state index contributed by atoms with van der Waals surface area (Å²) in [4.78, 5) is 15.1. The van der Waals surface area contributed by atoms with Crippen LogP contribution in [0, 0.1) is 5.92 Å². The molecule has 0 rings (SSSR count). The molecule has 0 amide bonds. The van der Waals surface area contributed by atoms with Gasteiger partial charge in [-0.3, -0.25) is 9.69 Å². The molecule has 0 aliphatic rings. The molecule has 2 unspecified atom stereocenters. The van der Waals surface area contributed by atoms with Crippen molar-refractivity contribution in [1.82, 2.24) is 4.90 Å². The van der Waals surface area contributed by atoms with Crippen molar-refractivity contribution in [2.45, 2.75) is 149 Å². The van der Waals surface area contributed by atoms with Gasteiger partial charge in [0.25, 0.3) is 0 Å². The standard InChI is InChI=1S/C29H59NO3/c1-5-9-11-13-14-18-22-27(21-17-12-10-6-2)29(32)33-25-20-16-15-19-24-30(23-7-3)28(8-4)26-31/h27-28,31H,5-26H2,1-4H3. The highest BCUT2D eigenvalue weighted by molar-refractivity contribution is 5.72. The van der Waals surface area contributed by atoms with Crippen LogP contribution < -0.4 is 0 Å². The van der Waals surface area contributed by atoms with E-state index >= 15 is 0 Å². The lowest BCUT2D eigenvalue weighted by atomic mass is 9.94. The molecule has 0 aromatic heterocycles. The molecule has 0 aliphatic carbocycles. The molecule has 0 spiro atoms. The second-order valence-corrected chi connectivity index (χ2v) is 9.97. The van der Waals surface area contributed by atoms with E-state index in [-0.39, 0.29) is 18.5 Å². The number of aliphatic hydroxyl groups excluding tert-OH is 1. The lowest BCUT2D eigenvalue weighted by molar-refractivity contribution is -0.149. The van der Waals surface area contributed by atoms with Gasteiger partial charge in [-0.2, -0.15) is 0 Å². The van der Waals surface area contributed by atoms with Crippen molar-refractivity contribution in [3.8, 4) is 0 Å². The van der Waals surface area contributed by atoms with Gasteiger partial charge >= 0.3 is 5.97 Å². The second kappa shape index (κ2) is 24.5. The van der Waals surface area contributed by atoms with Crippen LogP contribution in [0.1, 0.15) is 143 Å². The van der Waals surface area contributed by atoms with Crippen molar-refractivity contribution in [1.29, 1.82) is 0 Å². The Morgan fingerprint density at radius 2 is 1.24 bits per heavy atom. The second-order valence-electron chi connectivity index (χ2n) is 9.97. The van der Waals surface area contributed by atoms with Gasteiger partial charge < -0.3 is 9.84 Å². The van der Waals surface area contributed by atoms with Gasteiger partial charge in [-0.15, -0.1) is 0 Å². The smallest absolute Gasteiger partial charge is 0.308 e. The third kappa shape index (κ3) is 18.4. The first kappa shape index (κ1) is 32.4. The summed E-state index contributed by atoms with van der Waals surface area (Å²) in [5.41, 5.74) is 0. The average molecular weight is 470 g/mol. The van der Waals surface area contributed by atoms with Crippen molar-refractivity contribution in [2.24, 2.45) is 5.92 Å². The van der Waals surface area contributed by atoms with Crippen LogP contribution in [0.25, 0.3) is 0 Å². The quantitative estimate of drug-likeness (QED) is 0.109. The fourth-order valence-electron chi connectivity index (χ4n) is 4.70. The van der Waals surface area contributed by atoms with Crippen LogP contribution in [0.3, 0.4) is 0 Å². The molecule has 0 radical (unpaired) electrons. The van der Waals surface area contributed by atoms with E-state index in [0.717, 1.165) is 77.3 Å². The molecule has 0 aliphatic heterocycles. The maximum Gasteiger partial charge on any atom is 0.308 e. The Morgan fingerprint density at radius 1 is 0.697 bits per heavy atom. The highest BCUT2D eigenvalue weighted by atomic mass is 16.5. The number of hydrogen-bond donors (Lipinski definition) is 1. The van der Waals surface area contributed by atoms with Crippen LogP contribution in [0.4, 0.5) is 0 Å². The number of esters is 1. The summed E-state index contributed by atoms with van der Waals surface area (Å²) in [6.07, 6.45) is 21.1. The summed E-state index contributed by atoms with van der Waals surface area (Å²) in [5, 5.41) is 9.59. The minimum atomic E-state index is 0.0583. The monoisotopic (exact) mass is 469 g/mol. The summed E-state index contributed by atoms with van der Waals surface area (Å²) >= 11 is 0. The maximum atomic E-state index is 12.7. The van der Waals surface area contributed by atoms with Crippen LogP contribution in [-0.2, 0) is 9.53 Å². The highest BCUT2D eigenvalue weighted by Crippen LogP contribution is 2.20. The normalized spacial score (nSPS) is 13.4. The Kier molecular flexibility index (Phi) is 24.1. The van der Waals surface area contributed by atoms with Crippen molar-refractivity contribution < 1.29 is 14.6 Å². The number of hydrogen-bond acceptors (Lipinski definition) is 4. The molecule has 4 heteroatoms. The van der Waals surface area contributed by atoms with Gasteiger partial charge in [0.1, 0.15) is 0 Å². The number of carbonyl (C=O) groups is 1. The molecular formula is C29H59NO3. The largest absolute Gasteiger partial charge is 0.465 e. The Balaban J connectivity index is 4.13. The first-order valence-electron chi connectivity index (χ1n) is 14.7. The molecule has 1 N–H and O–H groups in total. The van der Waals surface area contributed by atoms with Crippen molar-refractivity contribution in [3.63, 3.8) is 0 Å². The van der Waals surface area contributed by atoms with E-state index in [1.54, 1.807) is 0 Å². The van der Waals surface area contributed by atoms with Gasteiger partial charge in [0.2, 0.25) is 0 Å². The zero-order valence-corrected chi connectivity index (χ0v) is 22.9. The van der Waals surface area contributed by atoms with Crippen molar-refractivity contribution in [3.05, 3.63) is 0 Å². The third-order valence-corrected chi connectivity index (χ3v) is 6.94. The number of carbonyl (C=O) groups excluding carboxylic acids is 1. The molecule has 0 saturated heterocycles. The minimum absolute atomic E-state index is 0.0583. The van der Waals surface area contributed by atoms with Gasteiger partial charge in [0.15, 0.2) is 0 Å². The lowest BCUT2D eigenvalue weighted by Gasteiger charge is -2.29.